The van der Waals surface area contributed by atoms with E-state index < -0.39 is 39.7 Å². The van der Waals surface area contributed by atoms with Crippen molar-refractivity contribution in [2.75, 3.05) is 5.32 Å². The van der Waals surface area contributed by atoms with E-state index in [1.165, 1.54) is 43.3 Å². The van der Waals surface area contributed by atoms with E-state index in [1.54, 1.807) is 0 Å². The van der Waals surface area contributed by atoms with Gasteiger partial charge < -0.3 is 10.1 Å². The molecule has 2 aromatic carbocycles. The fourth-order valence-corrected chi connectivity index (χ4v) is 2.74. The summed E-state index contributed by atoms with van der Waals surface area (Å²) < 4.78 is 65.4. The maximum absolute atomic E-state index is 12.7. The topological polar surface area (TPSA) is 116 Å². The zero-order valence-corrected chi connectivity index (χ0v) is 16.3. The van der Waals surface area contributed by atoms with Crippen LogP contribution in [0.4, 0.5) is 18.9 Å². The molecule has 0 aromatic heterocycles. The standard InChI is InChI=1S/C19H17F3N2O5S/c1-12(18(26)24-15-6-8-16(9-7-15)30(23,27)28)29-17(25)10-5-13-3-2-4-14(11-13)19(20,21)22/h2-12H,1H3,(H,24,26)(H2,23,27,28)/b10-5+. The lowest BCUT2D eigenvalue weighted by atomic mass is 10.1. The highest BCUT2D eigenvalue weighted by atomic mass is 32.2. The van der Waals surface area contributed by atoms with Crippen molar-refractivity contribution in [3.8, 4) is 0 Å². The molecule has 0 fully saturated rings. The second-order valence-corrected chi connectivity index (χ2v) is 7.66. The summed E-state index contributed by atoms with van der Waals surface area (Å²) in [6, 6.07) is 9.34. The summed E-state index contributed by atoms with van der Waals surface area (Å²) >= 11 is 0. The van der Waals surface area contributed by atoms with Crippen LogP contribution in [0.15, 0.2) is 59.5 Å². The van der Waals surface area contributed by atoms with Gasteiger partial charge in [-0.25, -0.2) is 18.4 Å². The van der Waals surface area contributed by atoms with Crippen LogP contribution in [0.25, 0.3) is 6.08 Å². The van der Waals surface area contributed by atoms with E-state index in [-0.39, 0.29) is 16.1 Å². The third-order valence-corrected chi connectivity index (χ3v) is 4.67. The summed E-state index contributed by atoms with van der Waals surface area (Å²) in [6.45, 7) is 1.30. The summed E-state index contributed by atoms with van der Waals surface area (Å²) in [5, 5.41) is 7.40. The van der Waals surface area contributed by atoms with Gasteiger partial charge in [0, 0.05) is 11.8 Å². The van der Waals surface area contributed by atoms with Crippen molar-refractivity contribution in [2.45, 2.75) is 24.1 Å². The molecule has 11 heteroatoms. The number of nitrogens with one attached hydrogen (secondary N) is 1. The first-order valence-electron chi connectivity index (χ1n) is 8.36. The number of alkyl halides is 3. The Kier molecular flexibility index (Phi) is 7.00. The molecule has 2 rings (SSSR count). The predicted molar refractivity (Wildman–Crippen MR) is 102 cm³/mol. The van der Waals surface area contributed by atoms with Crippen LogP contribution in [0.1, 0.15) is 18.1 Å². The van der Waals surface area contributed by atoms with E-state index in [0.717, 1.165) is 24.3 Å². The van der Waals surface area contributed by atoms with Gasteiger partial charge in [-0.15, -0.1) is 0 Å². The zero-order valence-electron chi connectivity index (χ0n) is 15.5. The van der Waals surface area contributed by atoms with Crippen molar-refractivity contribution < 1.29 is 35.9 Å². The quantitative estimate of drug-likeness (QED) is 0.527. The molecule has 2 aromatic rings. The number of sulfonamides is 1. The number of ether oxygens (including phenoxy) is 1. The Hall–Kier alpha value is -3.18. The molecule has 160 valence electrons. The van der Waals surface area contributed by atoms with Crippen LogP contribution >= 0.6 is 0 Å². The van der Waals surface area contributed by atoms with Crippen molar-refractivity contribution in [2.24, 2.45) is 5.14 Å². The van der Waals surface area contributed by atoms with Crippen LogP contribution in [0.2, 0.25) is 0 Å². The van der Waals surface area contributed by atoms with Gasteiger partial charge in [-0.2, -0.15) is 13.2 Å². The average Bonchev–Trinajstić information content (AvgIpc) is 2.65. The minimum absolute atomic E-state index is 0.133. The van der Waals surface area contributed by atoms with E-state index in [2.05, 4.69) is 5.32 Å². The zero-order chi connectivity index (χ0) is 22.5. The van der Waals surface area contributed by atoms with Gasteiger partial charge in [0.05, 0.1) is 10.5 Å². The van der Waals surface area contributed by atoms with Crippen LogP contribution in [0.3, 0.4) is 0 Å². The Bertz CT molecular complexity index is 1060. The highest BCUT2D eigenvalue weighted by molar-refractivity contribution is 7.89. The van der Waals surface area contributed by atoms with E-state index >= 15 is 0 Å². The number of benzene rings is 2. The number of carbonyl (C=O) groups is 2. The highest BCUT2D eigenvalue weighted by Crippen LogP contribution is 2.29. The fraction of sp³-hybridized carbons (Fsp3) is 0.158. The van der Waals surface area contributed by atoms with Crippen molar-refractivity contribution >= 4 is 33.7 Å². The van der Waals surface area contributed by atoms with Gasteiger partial charge >= 0.3 is 12.1 Å². The molecule has 3 N–H and O–H groups in total. The van der Waals surface area contributed by atoms with E-state index in [0.29, 0.717) is 0 Å². The second kappa shape index (κ2) is 9.09. The molecule has 0 spiro atoms. The monoisotopic (exact) mass is 442 g/mol. The first kappa shape index (κ1) is 23.1. The molecule has 0 saturated carbocycles. The lowest BCUT2D eigenvalue weighted by Crippen LogP contribution is -2.29. The third kappa shape index (κ3) is 6.71. The van der Waals surface area contributed by atoms with Gasteiger partial charge in [0.15, 0.2) is 6.10 Å². The lowest BCUT2D eigenvalue weighted by molar-refractivity contribution is -0.148. The van der Waals surface area contributed by atoms with Gasteiger partial charge in [-0.1, -0.05) is 12.1 Å². The van der Waals surface area contributed by atoms with Crippen LogP contribution in [0, 0.1) is 0 Å². The molecule has 0 bridgehead atoms. The molecule has 30 heavy (non-hydrogen) atoms. The third-order valence-electron chi connectivity index (χ3n) is 3.74. The molecule has 0 aliphatic carbocycles. The minimum atomic E-state index is -4.51. The molecule has 1 atom stereocenters. The van der Waals surface area contributed by atoms with Crippen molar-refractivity contribution in [1.29, 1.82) is 0 Å². The number of hydrogen-bond donors (Lipinski definition) is 2. The lowest BCUT2D eigenvalue weighted by Gasteiger charge is -2.12. The largest absolute Gasteiger partial charge is 0.449 e. The van der Waals surface area contributed by atoms with Crippen LogP contribution in [-0.4, -0.2) is 26.4 Å². The Morgan fingerprint density at radius 2 is 1.77 bits per heavy atom. The SMILES string of the molecule is CC(OC(=O)/C=C/c1cccc(C(F)(F)F)c1)C(=O)Nc1ccc(S(N)(=O)=O)cc1. The van der Waals surface area contributed by atoms with E-state index in [4.69, 9.17) is 9.88 Å². The first-order valence-corrected chi connectivity index (χ1v) is 9.90. The van der Waals surface area contributed by atoms with Crippen molar-refractivity contribution in [3.05, 3.63) is 65.7 Å². The van der Waals surface area contributed by atoms with Crippen LogP contribution in [0.5, 0.6) is 0 Å². The van der Waals surface area contributed by atoms with Crippen LogP contribution < -0.4 is 10.5 Å². The first-order chi connectivity index (χ1) is 13.9. The molecule has 0 heterocycles. The van der Waals surface area contributed by atoms with Crippen molar-refractivity contribution in [1.82, 2.24) is 0 Å². The fourth-order valence-electron chi connectivity index (χ4n) is 2.22. The molecule has 0 aliphatic heterocycles. The molecule has 0 saturated heterocycles. The number of rotatable bonds is 6. The van der Waals surface area contributed by atoms with E-state index in [1.807, 2.05) is 0 Å². The normalized spacial score (nSPS) is 13.1. The van der Waals surface area contributed by atoms with E-state index in [9.17, 15) is 31.2 Å². The Morgan fingerprint density at radius 3 is 2.33 bits per heavy atom. The second-order valence-electron chi connectivity index (χ2n) is 6.09. The highest BCUT2D eigenvalue weighted by Gasteiger charge is 2.30. The summed E-state index contributed by atoms with van der Waals surface area (Å²) in [5.74, 6) is -1.63. The minimum Gasteiger partial charge on any atom is -0.449 e. The van der Waals surface area contributed by atoms with Crippen molar-refractivity contribution in [3.63, 3.8) is 0 Å². The summed E-state index contributed by atoms with van der Waals surface area (Å²) in [6.07, 6.45) is -3.70. The molecule has 0 radical (unpaired) electrons. The van der Waals surface area contributed by atoms with Gasteiger partial charge in [0.1, 0.15) is 0 Å². The van der Waals surface area contributed by atoms with Gasteiger partial charge in [-0.3, -0.25) is 4.79 Å². The smallest absolute Gasteiger partial charge is 0.416 e. The number of esters is 1. The average molecular weight is 442 g/mol. The van der Waals surface area contributed by atoms with Gasteiger partial charge in [0.2, 0.25) is 10.0 Å². The van der Waals surface area contributed by atoms with Crippen LogP contribution in [-0.2, 0) is 30.5 Å². The summed E-state index contributed by atoms with van der Waals surface area (Å²) in [7, 11) is -3.87. The Labute approximate surface area is 170 Å². The number of nitrogens with two attached hydrogens (primary N) is 1. The number of halogens is 3. The number of primary sulfonamides is 1. The Morgan fingerprint density at radius 1 is 1.13 bits per heavy atom. The summed E-state index contributed by atoms with van der Waals surface area (Å²) in [4.78, 5) is 23.8. The molecule has 0 aliphatic rings. The number of carbonyl (C=O) groups excluding carboxylic acids is 2. The molecule has 1 amide bonds. The Balaban J connectivity index is 1.95. The van der Waals surface area contributed by atoms with Gasteiger partial charge in [0.25, 0.3) is 5.91 Å². The molecular formula is C19H17F3N2O5S. The molecular weight excluding hydrogens is 425 g/mol. The maximum atomic E-state index is 12.7. The molecule has 1 unspecified atom stereocenters. The van der Waals surface area contributed by atoms with Gasteiger partial charge in [-0.05, 0) is 55.0 Å². The predicted octanol–water partition coefficient (Wildman–Crippen LogP) is 2.94. The maximum Gasteiger partial charge on any atom is 0.416 e. The summed E-state index contributed by atoms with van der Waals surface area (Å²) in [5.41, 5.74) is -0.483. The number of anilines is 1. The number of amides is 1. The molecule has 7 nitrogen and oxygen atoms in total. The number of hydrogen-bond acceptors (Lipinski definition) is 5.